The highest BCUT2D eigenvalue weighted by Crippen LogP contribution is 2.33. The minimum absolute atomic E-state index is 0.177. The van der Waals surface area contributed by atoms with Crippen molar-refractivity contribution < 1.29 is 19.4 Å². The van der Waals surface area contributed by atoms with E-state index in [2.05, 4.69) is 21.2 Å². The van der Waals surface area contributed by atoms with Crippen molar-refractivity contribution in [2.75, 3.05) is 20.8 Å². The lowest BCUT2D eigenvalue weighted by atomic mass is 10.1. The molecule has 1 atom stereocenters. The standard InChI is InChI=1S/C12H16BrNO4/c1-7(15)6-14-12(16)9-4-8(17-2)5-10(13)11(9)18-3/h4-5,7,15H,6H2,1-3H3,(H,14,16). The number of aliphatic hydroxyl groups excluding tert-OH is 1. The quantitative estimate of drug-likeness (QED) is 0.865. The second-order valence-corrected chi connectivity index (χ2v) is 4.60. The lowest BCUT2D eigenvalue weighted by Gasteiger charge is -2.13. The second-order valence-electron chi connectivity index (χ2n) is 3.75. The number of carbonyl (C=O) groups is 1. The van der Waals surface area contributed by atoms with E-state index in [-0.39, 0.29) is 12.5 Å². The van der Waals surface area contributed by atoms with Crippen LogP contribution in [-0.4, -0.2) is 37.9 Å². The van der Waals surface area contributed by atoms with Crippen LogP contribution in [-0.2, 0) is 0 Å². The number of benzene rings is 1. The Balaban J connectivity index is 3.04. The molecular formula is C12H16BrNO4. The topological polar surface area (TPSA) is 67.8 Å². The molecule has 1 rings (SSSR count). The van der Waals surface area contributed by atoms with Gasteiger partial charge in [0.15, 0.2) is 0 Å². The molecule has 1 aromatic rings. The molecule has 0 aliphatic heterocycles. The average molecular weight is 318 g/mol. The molecular weight excluding hydrogens is 302 g/mol. The van der Waals surface area contributed by atoms with Crippen LogP contribution in [0.2, 0.25) is 0 Å². The highest BCUT2D eigenvalue weighted by atomic mass is 79.9. The minimum atomic E-state index is -0.603. The van der Waals surface area contributed by atoms with E-state index in [0.717, 1.165) is 0 Å². The average Bonchev–Trinajstić information content (AvgIpc) is 2.34. The van der Waals surface area contributed by atoms with Crippen LogP contribution in [0.4, 0.5) is 0 Å². The summed E-state index contributed by atoms with van der Waals surface area (Å²) < 4.78 is 10.9. The summed E-state index contributed by atoms with van der Waals surface area (Å²) in [6, 6.07) is 3.30. The van der Waals surface area contributed by atoms with Crippen LogP contribution in [0.5, 0.6) is 11.5 Å². The molecule has 0 bridgehead atoms. The van der Waals surface area contributed by atoms with Gasteiger partial charge in [0.05, 0.1) is 30.4 Å². The summed E-state index contributed by atoms with van der Waals surface area (Å²) in [7, 11) is 3.00. The van der Waals surface area contributed by atoms with E-state index in [1.165, 1.54) is 14.2 Å². The van der Waals surface area contributed by atoms with Gasteiger partial charge in [-0.3, -0.25) is 4.79 Å². The molecule has 100 valence electrons. The predicted octanol–water partition coefficient (Wildman–Crippen LogP) is 1.58. The zero-order chi connectivity index (χ0) is 13.7. The van der Waals surface area contributed by atoms with Crippen molar-refractivity contribution in [3.63, 3.8) is 0 Å². The number of halogens is 1. The van der Waals surface area contributed by atoms with Crippen LogP contribution in [0.3, 0.4) is 0 Å². The van der Waals surface area contributed by atoms with Crippen LogP contribution in [0, 0.1) is 0 Å². The Bertz CT molecular complexity index is 434. The van der Waals surface area contributed by atoms with Gasteiger partial charge in [-0.25, -0.2) is 0 Å². The molecule has 5 nitrogen and oxygen atoms in total. The van der Waals surface area contributed by atoms with Crippen LogP contribution >= 0.6 is 15.9 Å². The molecule has 0 spiro atoms. The Labute approximate surface area is 114 Å². The van der Waals surface area contributed by atoms with Crippen LogP contribution in [0.1, 0.15) is 17.3 Å². The number of rotatable bonds is 5. The molecule has 0 saturated carbocycles. The molecule has 2 N–H and O–H groups in total. The van der Waals surface area contributed by atoms with Crippen molar-refractivity contribution in [2.24, 2.45) is 0 Å². The van der Waals surface area contributed by atoms with Crippen molar-refractivity contribution in [2.45, 2.75) is 13.0 Å². The lowest BCUT2D eigenvalue weighted by molar-refractivity contribution is 0.0920. The Morgan fingerprint density at radius 2 is 2.11 bits per heavy atom. The molecule has 1 aromatic carbocycles. The SMILES string of the molecule is COc1cc(Br)c(OC)c(C(=O)NCC(C)O)c1. The fourth-order valence-electron chi connectivity index (χ4n) is 1.40. The third-order valence-corrected chi connectivity index (χ3v) is 2.85. The van der Waals surface area contributed by atoms with Gasteiger partial charge in [0, 0.05) is 6.54 Å². The van der Waals surface area contributed by atoms with Crippen LogP contribution < -0.4 is 14.8 Å². The summed E-state index contributed by atoms with van der Waals surface area (Å²) in [6.07, 6.45) is -0.603. The van der Waals surface area contributed by atoms with Crippen molar-refractivity contribution in [3.05, 3.63) is 22.2 Å². The molecule has 0 aliphatic carbocycles. The number of nitrogens with one attached hydrogen (secondary N) is 1. The Morgan fingerprint density at radius 3 is 2.61 bits per heavy atom. The minimum Gasteiger partial charge on any atom is -0.497 e. The predicted molar refractivity (Wildman–Crippen MR) is 71.3 cm³/mol. The van der Waals surface area contributed by atoms with Gasteiger partial charge >= 0.3 is 0 Å². The van der Waals surface area contributed by atoms with Gasteiger partial charge in [-0.05, 0) is 35.0 Å². The first kappa shape index (κ1) is 14.8. The molecule has 0 heterocycles. The zero-order valence-corrected chi connectivity index (χ0v) is 12.1. The van der Waals surface area contributed by atoms with E-state index in [0.29, 0.717) is 21.5 Å². The van der Waals surface area contributed by atoms with E-state index in [9.17, 15) is 4.79 Å². The number of amides is 1. The number of carbonyl (C=O) groups excluding carboxylic acids is 1. The van der Waals surface area contributed by atoms with E-state index >= 15 is 0 Å². The third-order valence-electron chi connectivity index (χ3n) is 2.26. The normalized spacial score (nSPS) is 11.8. The van der Waals surface area contributed by atoms with Gasteiger partial charge in [0.1, 0.15) is 11.5 Å². The maximum absolute atomic E-state index is 12.0. The van der Waals surface area contributed by atoms with E-state index in [1.807, 2.05) is 0 Å². The molecule has 0 aromatic heterocycles. The number of hydrogen-bond donors (Lipinski definition) is 2. The fraction of sp³-hybridized carbons (Fsp3) is 0.417. The molecule has 1 amide bonds. The summed E-state index contributed by atoms with van der Waals surface area (Å²) in [6.45, 7) is 1.77. The smallest absolute Gasteiger partial charge is 0.255 e. The summed E-state index contributed by atoms with van der Waals surface area (Å²) in [5.74, 6) is 0.649. The Kier molecular flexibility index (Phi) is 5.43. The lowest BCUT2D eigenvalue weighted by Crippen LogP contribution is -2.30. The fourth-order valence-corrected chi connectivity index (χ4v) is 2.00. The third kappa shape index (κ3) is 3.61. The summed E-state index contributed by atoms with van der Waals surface area (Å²) in [4.78, 5) is 12.0. The first-order chi connectivity index (χ1) is 8.49. The molecule has 18 heavy (non-hydrogen) atoms. The maximum Gasteiger partial charge on any atom is 0.255 e. The Hall–Kier alpha value is -1.27. The van der Waals surface area contributed by atoms with Gasteiger partial charge in [-0.1, -0.05) is 0 Å². The molecule has 6 heteroatoms. The number of ether oxygens (including phenoxy) is 2. The van der Waals surface area contributed by atoms with Gasteiger partial charge in [-0.15, -0.1) is 0 Å². The van der Waals surface area contributed by atoms with E-state index < -0.39 is 6.10 Å². The molecule has 0 aliphatic rings. The Morgan fingerprint density at radius 1 is 1.44 bits per heavy atom. The number of methoxy groups -OCH3 is 2. The summed E-state index contributed by atoms with van der Waals surface area (Å²) in [5.41, 5.74) is 0.351. The maximum atomic E-state index is 12.0. The molecule has 0 fully saturated rings. The monoisotopic (exact) mass is 317 g/mol. The second kappa shape index (κ2) is 6.61. The first-order valence-electron chi connectivity index (χ1n) is 5.37. The number of aliphatic hydroxyl groups is 1. The molecule has 0 radical (unpaired) electrons. The zero-order valence-electron chi connectivity index (χ0n) is 10.5. The van der Waals surface area contributed by atoms with Crippen molar-refractivity contribution in [1.82, 2.24) is 5.32 Å². The molecule has 1 unspecified atom stereocenters. The highest BCUT2D eigenvalue weighted by molar-refractivity contribution is 9.10. The van der Waals surface area contributed by atoms with Crippen LogP contribution in [0.15, 0.2) is 16.6 Å². The number of hydrogen-bond acceptors (Lipinski definition) is 4. The first-order valence-corrected chi connectivity index (χ1v) is 6.16. The van der Waals surface area contributed by atoms with Crippen molar-refractivity contribution in [1.29, 1.82) is 0 Å². The summed E-state index contributed by atoms with van der Waals surface area (Å²) in [5, 5.41) is 11.8. The highest BCUT2D eigenvalue weighted by Gasteiger charge is 2.17. The van der Waals surface area contributed by atoms with Crippen molar-refractivity contribution >= 4 is 21.8 Å². The summed E-state index contributed by atoms with van der Waals surface area (Å²) >= 11 is 3.31. The van der Waals surface area contributed by atoms with Gasteiger partial charge in [0.25, 0.3) is 5.91 Å². The van der Waals surface area contributed by atoms with Gasteiger partial charge in [0.2, 0.25) is 0 Å². The largest absolute Gasteiger partial charge is 0.497 e. The molecule has 0 saturated heterocycles. The van der Waals surface area contributed by atoms with Crippen LogP contribution in [0.25, 0.3) is 0 Å². The van der Waals surface area contributed by atoms with Gasteiger partial charge < -0.3 is 19.9 Å². The van der Waals surface area contributed by atoms with Gasteiger partial charge in [-0.2, -0.15) is 0 Å². The van der Waals surface area contributed by atoms with E-state index in [1.54, 1.807) is 19.1 Å². The van der Waals surface area contributed by atoms with E-state index in [4.69, 9.17) is 14.6 Å². The van der Waals surface area contributed by atoms with Crippen molar-refractivity contribution in [3.8, 4) is 11.5 Å².